The quantitative estimate of drug-likeness (QED) is 0.551. The van der Waals surface area contributed by atoms with E-state index in [0.29, 0.717) is 5.15 Å². The molecule has 0 aromatic carbocycles. The summed E-state index contributed by atoms with van der Waals surface area (Å²) in [6.45, 7) is 5.17. The van der Waals surface area contributed by atoms with E-state index in [1.165, 1.54) is 6.42 Å². The predicted molar refractivity (Wildman–Crippen MR) is 58.8 cm³/mol. The minimum atomic E-state index is 0.478. The molecule has 2 nitrogen and oxygen atoms in total. The first kappa shape index (κ1) is 11.3. The number of nitrogens with zero attached hydrogens (tertiary/aromatic N) is 1. The maximum Gasteiger partial charge on any atom is 0.132 e. The average Bonchev–Trinajstić information content (AvgIpc) is 2.12. The molecular formula is C11H16ClNO. The zero-order valence-electron chi connectivity index (χ0n) is 8.66. The number of halogens is 1. The van der Waals surface area contributed by atoms with Crippen LogP contribution in [0.4, 0.5) is 0 Å². The number of rotatable bonds is 5. The molecule has 0 aliphatic carbocycles. The van der Waals surface area contributed by atoms with Crippen molar-refractivity contribution in [1.29, 1.82) is 0 Å². The van der Waals surface area contributed by atoms with Gasteiger partial charge in [-0.25, -0.2) is 4.98 Å². The molecule has 14 heavy (non-hydrogen) atoms. The van der Waals surface area contributed by atoms with E-state index in [9.17, 15) is 0 Å². The Labute approximate surface area is 90.3 Å². The van der Waals surface area contributed by atoms with Crippen molar-refractivity contribution >= 4 is 11.6 Å². The Kier molecular flexibility index (Phi) is 4.74. The fourth-order valence-electron chi connectivity index (χ4n) is 1.16. The third-order valence-corrected chi connectivity index (χ3v) is 2.10. The Bertz CT molecular complexity index is 276. The standard InChI is InChI=1S/C11H16ClNO/c1-9(2)4-3-7-14-10-5-6-13-11(12)8-10/h5-6,8-9H,3-4,7H2,1-2H3. The van der Waals surface area contributed by atoms with Crippen molar-refractivity contribution in [1.82, 2.24) is 4.98 Å². The van der Waals surface area contributed by atoms with Crippen LogP contribution in [0.2, 0.25) is 5.15 Å². The second-order valence-corrected chi connectivity index (χ2v) is 4.09. The lowest BCUT2D eigenvalue weighted by atomic mass is 10.1. The van der Waals surface area contributed by atoms with Crippen molar-refractivity contribution in [3.05, 3.63) is 23.5 Å². The van der Waals surface area contributed by atoms with Crippen LogP contribution >= 0.6 is 11.6 Å². The van der Waals surface area contributed by atoms with Gasteiger partial charge in [-0.15, -0.1) is 0 Å². The second kappa shape index (κ2) is 5.86. The molecule has 0 radical (unpaired) electrons. The minimum absolute atomic E-state index is 0.478. The van der Waals surface area contributed by atoms with Crippen LogP contribution in [0.5, 0.6) is 5.75 Å². The highest BCUT2D eigenvalue weighted by molar-refractivity contribution is 6.29. The number of hydrogen-bond acceptors (Lipinski definition) is 2. The molecule has 3 heteroatoms. The molecule has 0 atom stereocenters. The minimum Gasteiger partial charge on any atom is -0.493 e. The fraction of sp³-hybridized carbons (Fsp3) is 0.545. The molecule has 0 saturated heterocycles. The van der Waals surface area contributed by atoms with E-state index in [1.54, 1.807) is 12.3 Å². The monoisotopic (exact) mass is 213 g/mol. The lowest BCUT2D eigenvalue weighted by Crippen LogP contribution is -1.99. The summed E-state index contributed by atoms with van der Waals surface area (Å²) >= 11 is 5.72. The molecule has 0 N–H and O–H groups in total. The van der Waals surface area contributed by atoms with Gasteiger partial charge in [0.25, 0.3) is 0 Å². The summed E-state index contributed by atoms with van der Waals surface area (Å²) in [5.74, 6) is 1.54. The van der Waals surface area contributed by atoms with Crippen molar-refractivity contribution in [3.63, 3.8) is 0 Å². The molecule has 0 amide bonds. The summed E-state index contributed by atoms with van der Waals surface area (Å²) in [4.78, 5) is 3.88. The highest BCUT2D eigenvalue weighted by Gasteiger charge is 1.97. The zero-order valence-corrected chi connectivity index (χ0v) is 9.42. The summed E-state index contributed by atoms with van der Waals surface area (Å²) in [5.41, 5.74) is 0. The van der Waals surface area contributed by atoms with Crippen LogP contribution in [0.1, 0.15) is 26.7 Å². The van der Waals surface area contributed by atoms with E-state index >= 15 is 0 Å². The topological polar surface area (TPSA) is 22.1 Å². The number of pyridine rings is 1. The lowest BCUT2D eigenvalue weighted by Gasteiger charge is -2.07. The number of hydrogen-bond donors (Lipinski definition) is 0. The molecule has 0 bridgehead atoms. The Morgan fingerprint density at radius 2 is 2.29 bits per heavy atom. The van der Waals surface area contributed by atoms with Crippen molar-refractivity contribution in [2.45, 2.75) is 26.7 Å². The smallest absolute Gasteiger partial charge is 0.132 e. The predicted octanol–water partition coefficient (Wildman–Crippen LogP) is 3.55. The molecule has 78 valence electrons. The largest absolute Gasteiger partial charge is 0.493 e. The summed E-state index contributed by atoms with van der Waals surface area (Å²) < 4.78 is 5.51. The first-order valence-corrected chi connectivity index (χ1v) is 5.30. The molecule has 0 spiro atoms. The van der Waals surface area contributed by atoms with Gasteiger partial charge in [0.1, 0.15) is 10.9 Å². The summed E-state index contributed by atoms with van der Waals surface area (Å²) in [6.07, 6.45) is 3.93. The van der Waals surface area contributed by atoms with Gasteiger partial charge in [0.15, 0.2) is 0 Å². The zero-order chi connectivity index (χ0) is 10.4. The van der Waals surface area contributed by atoms with Gasteiger partial charge >= 0.3 is 0 Å². The average molecular weight is 214 g/mol. The van der Waals surface area contributed by atoms with Gasteiger partial charge in [-0.3, -0.25) is 0 Å². The molecule has 1 aromatic rings. The van der Waals surface area contributed by atoms with Gasteiger partial charge in [0.05, 0.1) is 6.61 Å². The van der Waals surface area contributed by atoms with Crippen LogP contribution in [0, 0.1) is 5.92 Å². The van der Waals surface area contributed by atoms with E-state index in [-0.39, 0.29) is 0 Å². The van der Waals surface area contributed by atoms with Gasteiger partial charge < -0.3 is 4.74 Å². The van der Waals surface area contributed by atoms with Crippen LogP contribution in [0.15, 0.2) is 18.3 Å². The van der Waals surface area contributed by atoms with E-state index in [2.05, 4.69) is 18.8 Å². The van der Waals surface area contributed by atoms with E-state index in [4.69, 9.17) is 16.3 Å². The van der Waals surface area contributed by atoms with E-state index < -0.39 is 0 Å². The number of aromatic nitrogens is 1. The van der Waals surface area contributed by atoms with Crippen LogP contribution < -0.4 is 4.74 Å². The Morgan fingerprint density at radius 1 is 1.50 bits per heavy atom. The van der Waals surface area contributed by atoms with Crippen molar-refractivity contribution in [3.8, 4) is 5.75 Å². The Morgan fingerprint density at radius 3 is 2.93 bits per heavy atom. The Hall–Kier alpha value is -0.760. The van der Waals surface area contributed by atoms with Crippen LogP contribution in [0.3, 0.4) is 0 Å². The third kappa shape index (κ3) is 4.47. The number of ether oxygens (including phenoxy) is 1. The highest BCUT2D eigenvalue weighted by atomic mass is 35.5. The van der Waals surface area contributed by atoms with Crippen molar-refractivity contribution in [2.75, 3.05) is 6.61 Å². The highest BCUT2D eigenvalue weighted by Crippen LogP contribution is 2.15. The second-order valence-electron chi connectivity index (χ2n) is 3.70. The fourth-order valence-corrected chi connectivity index (χ4v) is 1.32. The normalized spacial score (nSPS) is 10.6. The summed E-state index contributed by atoms with van der Waals surface area (Å²) in [5, 5.41) is 0.478. The van der Waals surface area contributed by atoms with E-state index in [0.717, 1.165) is 24.7 Å². The van der Waals surface area contributed by atoms with Gasteiger partial charge in [0, 0.05) is 12.3 Å². The van der Waals surface area contributed by atoms with Gasteiger partial charge in [0.2, 0.25) is 0 Å². The molecule has 0 fully saturated rings. The van der Waals surface area contributed by atoms with Crippen LogP contribution in [-0.4, -0.2) is 11.6 Å². The molecule has 0 aliphatic rings. The molecule has 1 aromatic heterocycles. The molecule has 0 aliphatic heterocycles. The molecule has 0 unspecified atom stereocenters. The lowest BCUT2D eigenvalue weighted by molar-refractivity contribution is 0.297. The first-order chi connectivity index (χ1) is 6.68. The van der Waals surface area contributed by atoms with Gasteiger partial charge in [-0.1, -0.05) is 25.4 Å². The maximum atomic E-state index is 5.72. The van der Waals surface area contributed by atoms with Gasteiger partial charge in [-0.05, 0) is 24.8 Å². The molecule has 1 rings (SSSR count). The molecule has 1 heterocycles. The van der Waals surface area contributed by atoms with Crippen molar-refractivity contribution in [2.24, 2.45) is 5.92 Å². The van der Waals surface area contributed by atoms with E-state index in [1.807, 2.05) is 6.07 Å². The van der Waals surface area contributed by atoms with Crippen LogP contribution in [0.25, 0.3) is 0 Å². The first-order valence-electron chi connectivity index (χ1n) is 4.93. The maximum absolute atomic E-state index is 5.72. The third-order valence-electron chi connectivity index (χ3n) is 1.89. The summed E-state index contributed by atoms with van der Waals surface area (Å²) in [6, 6.07) is 3.55. The Balaban J connectivity index is 2.25. The molecular weight excluding hydrogens is 198 g/mol. The van der Waals surface area contributed by atoms with Crippen LogP contribution in [-0.2, 0) is 0 Å². The SMILES string of the molecule is CC(C)CCCOc1ccnc(Cl)c1. The van der Waals surface area contributed by atoms with Gasteiger partial charge in [-0.2, -0.15) is 0 Å². The molecule has 0 saturated carbocycles. The summed E-state index contributed by atoms with van der Waals surface area (Å²) in [7, 11) is 0. The van der Waals surface area contributed by atoms with Crippen molar-refractivity contribution < 1.29 is 4.74 Å².